The van der Waals surface area contributed by atoms with Crippen molar-refractivity contribution >= 4 is 0 Å². The number of aryl methyl sites for hydroxylation is 2. The zero-order chi connectivity index (χ0) is 15.4. The van der Waals surface area contributed by atoms with Crippen molar-refractivity contribution < 1.29 is 4.74 Å². The van der Waals surface area contributed by atoms with E-state index in [9.17, 15) is 0 Å². The summed E-state index contributed by atoms with van der Waals surface area (Å²) in [4.78, 5) is 0. The minimum absolute atomic E-state index is 0.00357. The summed E-state index contributed by atoms with van der Waals surface area (Å²) in [5, 5.41) is 8.00. The lowest BCUT2D eigenvalue weighted by atomic mass is 10.0. The average Bonchev–Trinajstić information content (AvgIpc) is 2.79. The fourth-order valence-electron chi connectivity index (χ4n) is 2.71. The molecule has 1 aromatic heterocycles. The first-order valence-corrected chi connectivity index (χ1v) is 7.17. The molecule has 5 heteroatoms. The van der Waals surface area contributed by atoms with Crippen molar-refractivity contribution in [1.29, 1.82) is 0 Å². The minimum atomic E-state index is 0.00357. The third-order valence-electron chi connectivity index (χ3n) is 3.74. The predicted molar refractivity (Wildman–Crippen MR) is 84.3 cm³/mol. The van der Waals surface area contributed by atoms with E-state index in [0.29, 0.717) is 6.54 Å². The quantitative estimate of drug-likeness (QED) is 0.854. The second kappa shape index (κ2) is 6.74. The van der Waals surface area contributed by atoms with Crippen molar-refractivity contribution in [1.82, 2.24) is 15.1 Å². The first-order chi connectivity index (χ1) is 10.1. The number of nitrogens with two attached hydrogens (primary N) is 1. The number of aromatic nitrogens is 2. The van der Waals surface area contributed by atoms with Crippen LogP contribution in [0.25, 0.3) is 0 Å². The van der Waals surface area contributed by atoms with Crippen molar-refractivity contribution in [2.45, 2.75) is 25.9 Å². The predicted octanol–water partition coefficient (Wildman–Crippen LogP) is 2.09. The molecule has 0 aliphatic carbocycles. The third-order valence-corrected chi connectivity index (χ3v) is 3.74. The van der Waals surface area contributed by atoms with E-state index in [4.69, 9.17) is 10.5 Å². The Bertz CT molecular complexity index is 579. The first kappa shape index (κ1) is 15.5. The van der Waals surface area contributed by atoms with Gasteiger partial charge in [0.25, 0.3) is 0 Å². The molecule has 0 aliphatic rings. The normalized spacial score (nSPS) is 14.0. The summed E-state index contributed by atoms with van der Waals surface area (Å²) in [6, 6.07) is 10.5. The molecule has 2 aromatic rings. The van der Waals surface area contributed by atoms with Crippen molar-refractivity contribution in [3.8, 4) is 5.88 Å². The van der Waals surface area contributed by atoms with Gasteiger partial charge in [0.2, 0.25) is 5.88 Å². The molecule has 0 spiro atoms. The molecule has 3 N–H and O–H groups in total. The number of nitrogens with one attached hydrogen (secondary N) is 1. The molecule has 0 bridgehead atoms. The highest BCUT2D eigenvalue weighted by molar-refractivity contribution is 5.35. The van der Waals surface area contributed by atoms with Gasteiger partial charge in [-0.05, 0) is 19.4 Å². The second-order valence-electron chi connectivity index (χ2n) is 5.22. The topological polar surface area (TPSA) is 65.1 Å². The molecule has 0 radical (unpaired) electrons. The number of hydrogen-bond acceptors (Lipinski definition) is 4. The van der Waals surface area contributed by atoms with Crippen LogP contribution in [0.4, 0.5) is 0 Å². The van der Waals surface area contributed by atoms with Crippen LogP contribution in [0.1, 0.15) is 35.8 Å². The van der Waals surface area contributed by atoms with Crippen LogP contribution in [0.15, 0.2) is 30.3 Å². The maximum absolute atomic E-state index is 5.98. The van der Waals surface area contributed by atoms with Crippen molar-refractivity contribution in [2.24, 2.45) is 12.8 Å². The molecule has 0 saturated carbocycles. The van der Waals surface area contributed by atoms with Gasteiger partial charge >= 0.3 is 0 Å². The highest BCUT2D eigenvalue weighted by Crippen LogP contribution is 2.29. The van der Waals surface area contributed by atoms with Gasteiger partial charge in [-0.15, -0.1) is 0 Å². The van der Waals surface area contributed by atoms with Crippen molar-refractivity contribution in [3.05, 3.63) is 47.2 Å². The Morgan fingerprint density at radius 1 is 1.33 bits per heavy atom. The van der Waals surface area contributed by atoms with E-state index >= 15 is 0 Å². The Kier molecular flexibility index (Phi) is 4.98. The molecule has 2 atom stereocenters. The van der Waals surface area contributed by atoms with Crippen LogP contribution in [-0.2, 0) is 7.05 Å². The van der Waals surface area contributed by atoms with Gasteiger partial charge in [-0.3, -0.25) is 0 Å². The molecule has 0 fully saturated rings. The molecule has 1 aromatic carbocycles. The maximum Gasteiger partial charge on any atom is 0.216 e. The van der Waals surface area contributed by atoms with Gasteiger partial charge in [-0.25, -0.2) is 4.68 Å². The Hall–Kier alpha value is -1.85. The van der Waals surface area contributed by atoms with Crippen molar-refractivity contribution in [2.75, 3.05) is 13.7 Å². The molecule has 114 valence electrons. The average molecular weight is 288 g/mol. The minimum Gasteiger partial charge on any atom is -0.481 e. The van der Waals surface area contributed by atoms with Gasteiger partial charge in [0.15, 0.2) is 0 Å². The van der Waals surface area contributed by atoms with Crippen molar-refractivity contribution in [3.63, 3.8) is 0 Å². The molecule has 0 amide bonds. The number of ether oxygens (including phenoxy) is 1. The van der Waals surface area contributed by atoms with Gasteiger partial charge in [-0.1, -0.05) is 30.3 Å². The van der Waals surface area contributed by atoms with E-state index in [1.165, 1.54) is 5.56 Å². The zero-order valence-corrected chi connectivity index (χ0v) is 13.1. The largest absolute Gasteiger partial charge is 0.481 e. The Morgan fingerprint density at radius 2 is 2.00 bits per heavy atom. The SMILES string of the molecule is COc1c(C(CN)NC(C)c2ccccc2)c(C)nn1C. The standard InChI is InChI=1S/C16H24N4O/c1-11(13-8-6-5-7-9-13)18-14(10-17)15-12(2)19-20(3)16(15)21-4/h5-9,11,14,18H,10,17H2,1-4H3. The lowest BCUT2D eigenvalue weighted by Gasteiger charge is -2.23. The first-order valence-electron chi connectivity index (χ1n) is 7.17. The number of rotatable bonds is 6. The summed E-state index contributed by atoms with van der Waals surface area (Å²) < 4.78 is 7.22. The highest BCUT2D eigenvalue weighted by Gasteiger charge is 2.23. The van der Waals surface area contributed by atoms with Crippen LogP contribution in [0.3, 0.4) is 0 Å². The zero-order valence-electron chi connectivity index (χ0n) is 13.1. The summed E-state index contributed by atoms with van der Waals surface area (Å²) in [6.07, 6.45) is 0. The third kappa shape index (κ3) is 3.25. The summed E-state index contributed by atoms with van der Waals surface area (Å²) in [5.41, 5.74) is 9.19. The van der Waals surface area contributed by atoms with Gasteiger partial charge < -0.3 is 15.8 Å². The number of benzene rings is 1. The molecular weight excluding hydrogens is 264 g/mol. The van der Waals surface area contributed by atoms with Crippen LogP contribution in [0.5, 0.6) is 5.88 Å². The van der Waals surface area contributed by atoms with Crippen LogP contribution in [-0.4, -0.2) is 23.4 Å². The highest BCUT2D eigenvalue weighted by atomic mass is 16.5. The van der Waals surface area contributed by atoms with E-state index < -0.39 is 0 Å². The molecule has 1 heterocycles. The molecular formula is C16H24N4O. The lowest BCUT2D eigenvalue weighted by Crippen LogP contribution is -2.31. The number of hydrogen-bond donors (Lipinski definition) is 2. The van der Waals surface area contributed by atoms with E-state index in [-0.39, 0.29) is 12.1 Å². The summed E-state index contributed by atoms with van der Waals surface area (Å²) >= 11 is 0. The van der Waals surface area contributed by atoms with Crippen LogP contribution < -0.4 is 15.8 Å². The molecule has 2 unspecified atom stereocenters. The Morgan fingerprint density at radius 3 is 2.57 bits per heavy atom. The van der Waals surface area contributed by atoms with Gasteiger partial charge in [0.05, 0.1) is 24.4 Å². The Labute approximate surface area is 126 Å². The molecule has 5 nitrogen and oxygen atoms in total. The molecule has 0 aliphatic heterocycles. The summed E-state index contributed by atoms with van der Waals surface area (Å²) in [6.45, 7) is 4.60. The summed E-state index contributed by atoms with van der Waals surface area (Å²) in [5.74, 6) is 0.760. The smallest absolute Gasteiger partial charge is 0.216 e. The number of methoxy groups -OCH3 is 1. The van der Waals surface area contributed by atoms with Crippen LogP contribution >= 0.6 is 0 Å². The second-order valence-corrected chi connectivity index (χ2v) is 5.22. The van der Waals surface area contributed by atoms with E-state index in [2.05, 4.69) is 29.5 Å². The molecule has 2 rings (SSSR count). The molecule has 21 heavy (non-hydrogen) atoms. The van der Waals surface area contributed by atoms with Gasteiger partial charge in [-0.2, -0.15) is 5.10 Å². The lowest BCUT2D eigenvalue weighted by molar-refractivity contribution is 0.359. The van der Waals surface area contributed by atoms with Crippen LogP contribution in [0.2, 0.25) is 0 Å². The maximum atomic E-state index is 5.98. The van der Waals surface area contributed by atoms with Gasteiger partial charge in [0, 0.05) is 19.6 Å². The molecule has 0 saturated heterocycles. The summed E-state index contributed by atoms with van der Waals surface area (Å²) in [7, 11) is 3.54. The number of nitrogens with zero attached hydrogens (tertiary/aromatic N) is 2. The van der Waals surface area contributed by atoms with Crippen LogP contribution in [0, 0.1) is 6.92 Å². The van der Waals surface area contributed by atoms with E-state index in [0.717, 1.165) is 17.1 Å². The fourth-order valence-corrected chi connectivity index (χ4v) is 2.71. The monoisotopic (exact) mass is 288 g/mol. The van der Waals surface area contributed by atoms with Gasteiger partial charge in [0.1, 0.15) is 0 Å². The van der Waals surface area contributed by atoms with E-state index in [1.54, 1.807) is 11.8 Å². The van der Waals surface area contributed by atoms with E-state index in [1.807, 2.05) is 32.2 Å². The fraction of sp³-hybridized carbons (Fsp3) is 0.438. The Balaban J connectivity index is 2.25.